The van der Waals surface area contributed by atoms with Gasteiger partial charge in [-0.1, -0.05) is 0 Å². The maximum absolute atomic E-state index is 11.9. The van der Waals surface area contributed by atoms with Crippen LogP contribution >= 0.6 is 0 Å². The van der Waals surface area contributed by atoms with Crippen molar-refractivity contribution in [3.63, 3.8) is 0 Å². The first kappa shape index (κ1) is 11.9. The second-order valence-corrected chi connectivity index (χ2v) is 3.95. The van der Waals surface area contributed by atoms with Gasteiger partial charge in [0, 0.05) is 29.8 Å². The molecule has 0 aliphatic heterocycles. The van der Waals surface area contributed by atoms with Crippen LogP contribution in [-0.2, 0) is 0 Å². The summed E-state index contributed by atoms with van der Waals surface area (Å²) in [6.45, 7) is 1.83. The SMILES string of the molecule is Cc1cc(N)ccc1NC(=O)c1c[nH]ccc1=O. The van der Waals surface area contributed by atoms with E-state index >= 15 is 0 Å². The number of carbonyl (C=O) groups excluding carboxylic acids is 1. The zero-order chi connectivity index (χ0) is 13.1. The van der Waals surface area contributed by atoms with Gasteiger partial charge in [0.25, 0.3) is 5.91 Å². The van der Waals surface area contributed by atoms with Gasteiger partial charge in [-0.25, -0.2) is 0 Å². The van der Waals surface area contributed by atoms with Crippen molar-refractivity contribution in [3.8, 4) is 0 Å². The summed E-state index contributed by atoms with van der Waals surface area (Å²) in [4.78, 5) is 26.1. The van der Waals surface area contributed by atoms with E-state index < -0.39 is 5.91 Å². The van der Waals surface area contributed by atoms with Crippen molar-refractivity contribution in [1.82, 2.24) is 4.98 Å². The third-order valence-corrected chi connectivity index (χ3v) is 2.57. The molecule has 1 amide bonds. The molecule has 4 N–H and O–H groups in total. The molecule has 0 radical (unpaired) electrons. The number of nitrogen functional groups attached to an aromatic ring is 1. The summed E-state index contributed by atoms with van der Waals surface area (Å²) in [6.07, 6.45) is 2.86. The zero-order valence-electron chi connectivity index (χ0n) is 9.86. The minimum atomic E-state index is -0.440. The molecular weight excluding hydrogens is 230 g/mol. The van der Waals surface area contributed by atoms with Gasteiger partial charge < -0.3 is 16.0 Å². The number of pyridine rings is 1. The van der Waals surface area contributed by atoms with Crippen LogP contribution in [0.1, 0.15) is 15.9 Å². The van der Waals surface area contributed by atoms with E-state index in [1.807, 2.05) is 6.92 Å². The Balaban J connectivity index is 2.27. The van der Waals surface area contributed by atoms with Crippen LogP contribution in [0.15, 0.2) is 41.5 Å². The molecule has 2 rings (SSSR count). The van der Waals surface area contributed by atoms with E-state index in [1.165, 1.54) is 18.5 Å². The topological polar surface area (TPSA) is 88.0 Å². The second-order valence-electron chi connectivity index (χ2n) is 3.95. The highest BCUT2D eigenvalue weighted by molar-refractivity contribution is 6.04. The number of benzene rings is 1. The predicted octanol–water partition coefficient (Wildman–Crippen LogP) is 1.52. The van der Waals surface area contributed by atoms with E-state index in [0.29, 0.717) is 11.4 Å². The Morgan fingerprint density at radius 2 is 2.11 bits per heavy atom. The van der Waals surface area contributed by atoms with Crippen LogP contribution in [0.2, 0.25) is 0 Å². The van der Waals surface area contributed by atoms with E-state index in [1.54, 1.807) is 18.2 Å². The molecule has 18 heavy (non-hydrogen) atoms. The molecule has 0 fully saturated rings. The normalized spacial score (nSPS) is 10.1. The smallest absolute Gasteiger partial charge is 0.261 e. The van der Waals surface area contributed by atoms with Crippen LogP contribution < -0.4 is 16.5 Å². The number of hydrogen-bond acceptors (Lipinski definition) is 3. The average Bonchev–Trinajstić information content (AvgIpc) is 2.33. The molecule has 2 aromatic rings. The van der Waals surface area contributed by atoms with Gasteiger partial charge in [0.05, 0.1) is 0 Å². The summed E-state index contributed by atoms with van der Waals surface area (Å²) in [5.41, 5.74) is 7.49. The lowest BCUT2D eigenvalue weighted by molar-refractivity contribution is 0.102. The maximum atomic E-state index is 11.9. The van der Waals surface area contributed by atoms with E-state index in [4.69, 9.17) is 5.73 Å². The van der Waals surface area contributed by atoms with Crippen LogP contribution in [0.25, 0.3) is 0 Å². The fourth-order valence-corrected chi connectivity index (χ4v) is 1.61. The molecule has 5 nitrogen and oxygen atoms in total. The monoisotopic (exact) mass is 243 g/mol. The molecule has 92 valence electrons. The molecule has 0 unspecified atom stereocenters. The molecule has 1 aromatic heterocycles. The Hall–Kier alpha value is -2.56. The summed E-state index contributed by atoms with van der Waals surface area (Å²) >= 11 is 0. The number of nitrogens with two attached hydrogens (primary N) is 1. The van der Waals surface area contributed by atoms with Crippen molar-refractivity contribution in [2.24, 2.45) is 0 Å². The number of carbonyl (C=O) groups is 1. The summed E-state index contributed by atoms with van der Waals surface area (Å²) in [5, 5.41) is 2.68. The number of hydrogen-bond donors (Lipinski definition) is 3. The highest BCUT2D eigenvalue weighted by Crippen LogP contribution is 2.17. The van der Waals surface area contributed by atoms with Crippen molar-refractivity contribution in [1.29, 1.82) is 0 Å². The van der Waals surface area contributed by atoms with Gasteiger partial charge >= 0.3 is 0 Å². The number of aryl methyl sites for hydroxylation is 1. The predicted molar refractivity (Wildman–Crippen MR) is 70.6 cm³/mol. The number of rotatable bonds is 2. The fraction of sp³-hybridized carbons (Fsp3) is 0.0769. The Morgan fingerprint density at radius 3 is 2.78 bits per heavy atom. The Morgan fingerprint density at radius 1 is 1.33 bits per heavy atom. The minimum Gasteiger partial charge on any atom is -0.399 e. The third-order valence-electron chi connectivity index (χ3n) is 2.57. The Kier molecular flexibility index (Phi) is 3.14. The van der Waals surface area contributed by atoms with E-state index in [9.17, 15) is 9.59 Å². The molecule has 0 saturated heterocycles. The van der Waals surface area contributed by atoms with Crippen molar-refractivity contribution in [3.05, 3.63) is 58.0 Å². The first-order valence-electron chi connectivity index (χ1n) is 5.42. The molecule has 0 spiro atoms. The molecular formula is C13H13N3O2. The Labute approximate surface area is 104 Å². The van der Waals surface area contributed by atoms with Crippen molar-refractivity contribution < 1.29 is 4.79 Å². The second kappa shape index (κ2) is 4.75. The number of aromatic nitrogens is 1. The maximum Gasteiger partial charge on any atom is 0.261 e. The minimum absolute atomic E-state index is 0.0775. The largest absolute Gasteiger partial charge is 0.399 e. The highest BCUT2D eigenvalue weighted by atomic mass is 16.2. The number of H-pyrrole nitrogens is 1. The molecule has 0 atom stereocenters. The van der Waals surface area contributed by atoms with Crippen LogP contribution in [-0.4, -0.2) is 10.9 Å². The van der Waals surface area contributed by atoms with Crippen molar-refractivity contribution >= 4 is 17.3 Å². The lowest BCUT2D eigenvalue weighted by atomic mass is 10.1. The van der Waals surface area contributed by atoms with Crippen LogP contribution in [0.4, 0.5) is 11.4 Å². The van der Waals surface area contributed by atoms with Gasteiger partial charge in [-0.15, -0.1) is 0 Å². The average molecular weight is 243 g/mol. The summed E-state index contributed by atoms with van der Waals surface area (Å²) < 4.78 is 0. The number of amides is 1. The highest BCUT2D eigenvalue weighted by Gasteiger charge is 2.10. The third kappa shape index (κ3) is 2.40. The lowest BCUT2D eigenvalue weighted by Gasteiger charge is -2.08. The summed E-state index contributed by atoms with van der Waals surface area (Å²) in [7, 11) is 0. The van der Waals surface area contributed by atoms with Crippen LogP contribution in [0.3, 0.4) is 0 Å². The molecule has 0 bridgehead atoms. The molecule has 5 heteroatoms. The molecule has 0 aliphatic rings. The van der Waals surface area contributed by atoms with Crippen molar-refractivity contribution in [2.75, 3.05) is 11.1 Å². The zero-order valence-corrected chi connectivity index (χ0v) is 9.86. The summed E-state index contributed by atoms with van der Waals surface area (Å²) in [6, 6.07) is 6.47. The van der Waals surface area contributed by atoms with Crippen molar-refractivity contribution in [2.45, 2.75) is 6.92 Å². The van der Waals surface area contributed by atoms with Gasteiger partial charge in [0.2, 0.25) is 0 Å². The van der Waals surface area contributed by atoms with Crippen LogP contribution in [0, 0.1) is 6.92 Å². The fourth-order valence-electron chi connectivity index (χ4n) is 1.61. The molecule has 0 saturated carbocycles. The lowest BCUT2D eigenvalue weighted by Crippen LogP contribution is -2.21. The van der Waals surface area contributed by atoms with Gasteiger partial charge in [-0.2, -0.15) is 0 Å². The van der Waals surface area contributed by atoms with E-state index in [0.717, 1.165) is 5.56 Å². The number of anilines is 2. The summed E-state index contributed by atoms with van der Waals surface area (Å²) in [5.74, 6) is -0.440. The van der Waals surface area contributed by atoms with E-state index in [-0.39, 0.29) is 11.0 Å². The molecule has 1 heterocycles. The van der Waals surface area contributed by atoms with Gasteiger partial charge in [-0.05, 0) is 30.7 Å². The number of aromatic amines is 1. The first-order chi connectivity index (χ1) is 8.58. The van der Waals surface area contributed by atoms with Gasteiger partial charge in [-0.3, -0.25) is 9.59 Å². The van der Waals surface area contributed by atoms with Crippen LogP contribution in [0.5, 0.6) is 0 Å². The molecule has 0 aliphatic carbocycles. The standard InChI is InChI=1S/C13H13N3O2/c1-8-6-9(14)2-3-11(8)16-13(18)10-7-15-5-4-12(10)17/h2-7H,14H2,1H3,(H,15,17)(H,16,18). The molecule has 1 aromatic carbocycles. The quantitative estimate of drug-likeness (QED) is 0.699. The van der Waals surface area contributed by atoms with Gasteiger partial charge in [0.1, 0.15) is 5.56 Å². The Bertz CT molecular complexity index is 647. The first-order valence-corrected chi connectivity index (χ1v) is 5.42. The van der Waals surface area contributed by atoms with E-state index in [2.05, 4.69) is 10.3 Å². The number of nitrogens with one attached hydrogen (secondary N) is 2. The van der Waals surface area contributed by atoms with Gasteiger partial charge in [0.15, 0.2) is 5.43 Å².